The summed E-state index contributed by atoms with van der Waals surface area (Å²) >= 11 is -0.106. The lowest BCUT2D eigenvalue weighted by atomic mass is 9.94. The number of allylic oxidation sites excluding steroid dienone is 2. The van der Waals surface area contributed by atoms with Gasteiger partial charge < -0.3 is 5.32 Å². The van der Waals surface area contributed by atoms with Crippen LogP contribution in [0.2, 0.25) is 0 Å². The van der Waals surface area contributed by atoms with Gasteiger partial charge in [-0.1, -0.05) is 12.2 Å². The van der Waals surface area contributed by atoms with Crippen LogP contribution >= 0.6 is 11.8 Å². The first-order valence-corrected chi connectivity index (χ1v) is 6.11. The summed E-state index contributed by atoms with van der Waals surface area (Å²) in [6.45, 7) is 0.0726. The van der Waals surface area contributed by atoms with Crippen molar-refractivity contribution in [3.8, 4) is 0 Å². The Bertz CT molecular complexity index is 265. The number of amides is 1. The second kappa shape index (κ2) is 6.18. The lowest BCUT2D eigenvalue weighted by Gasteiger charge is -2.17. The monoisotopic (exact) mass is 253 g/mol. The smallest absolute Gasteiger partial charge is 0.355 e. The first-order valence-electron chi connectivity index (χ1n) is 5.12. The number of hydrogen-bond donors (Lipinski definition) is 1. The molecule has 1 aliphatic carbocycles. The molecule has 0 bridgehead atoms. The first-order chi connectivity index (χ1) is 7.49. The van der Waals surface area contributed by atoms with E-state index in [0.29, 0.717) is 6.42 Å². The Morgan fingerprint density at radius 2 is 2.19 bits per heavy atom. The van der Waals surface area contributed by atoms with E-state index in [4.69, 9.17) is 0 Å². The fourth-order valence-corrected chi connectivity index (χ4v) is 1.95. The van der Waals surface area contributed by atoms with Gasteiger partial charge in [-0.3, -0.25) is 4.79 Å². The van der Waals surface area contributed by atoms with Gasteiger partial charge >= 0.3 is 5.51 Å². The minimum Gasteiger partial charge on any atom is -0.355 e. The Morgan fingerprint density at radius 3 is 2.75 bits per heavy atom. The molecule has 0 aromatic carbocycles. The lowest BCUT2D eigenvalue weighted by Crippen LogP contribution is -2.33. The van der Waals surface area contributed by atoms with E-state index in [2.05, 4.69) is 5.32 Å². The normalized spacial score (nSPS) is 20.8. The van der Waals surface area contributed by atoms with E-state index in [1.165, 1.54) is 0 Å². The summed E-state index contributed by atoms with van der Waals surface area (Å²) in [4.78, 5) is 11.5. The predicted molar refractivity (Wildman–Crippen MR) is 58.0 cm³/mol. The number of alkyl halides is 3. The van der Waals surface area contributed by atoms with Crippen LogP contribution in [0, 0.1) is 5.92 Å². The van der Waals surface area contributed by atoms with Crippen LogP contribution in [-0.2, 0) is 4.79 Å². The van der Waals surface area contributed by atoms with E-state index in [1.54, 1.807) is 0 Å². The van der Waals surface area contributed by atoms with Crippen molar-refractivity contribution in [3.05, 3.63) is 12.2 Å². The van der Waals surface area contributed by atoms with Crippen LogP contribution in [0.1, 0.15) is 19.3 Å². The number of hydrogen-bond acceptors (Lipinski definition) is 2. The molecule has 6 heteroatoms. The fraction of sp³-hybridized carbons (Fsp3) is 0.700. The van der Waals surface area contributed by atoms with Crippen molar-refractivity contribution in [1.29, 1.82) is 0 Å². The van der Waals surface area contributed by atoms with Crippen LogP contribution < -0.4 is 5.32 Å². The molecule has 0 aromatic rings. The molecule has 0 aromatic heterocycles. The van der Waals surface area contributed by atoms with Gasteiger partial charge in [-0.05, 0) is 31.0 Å². The molecule has 1 unspecified atom stereocenters. The van der Waals surface area contributed by atoms with Crippen LogP contribution in [0.25, 0.3) is 0 Å². The highest BCUT2D eigenvalue weighted by atomic mass is 32.2. The lowest BCUT2D eigenvalue weighted by molar-refractivity contribution is -0.125. The van der Waals surface area contributed by atoms with Gasteiger partial charge in [0.2, 0.25) is 5.91 Å². The minimum atomic E-state index is -4.21. The number of carbonyl (C=O) groups excluding carboxylic acids is 1. The highest BCUT2D eigenvalue weighted by Gasteiger charge is 2.27. The molecular formula is C10H14F3NOS. The number of thioether (sulfide) groups is 1. The summed E-state index contributed by atoms with van der Waals surface area (Å²) in [5.41, 5.74) is -4.21. The van der Waals surface area contributed by atoms with Crippen molar-refractivity contribution < 1.29 is 18.0 Å². The van der Waals surface area contributed by atoms with E-state index in [-0.39, 0.29) is 35.9 Å². The topological polar surface area (TPSA) is 29.1 Å². The standard InChI is InChI=1S/C10H14F3NOS/c11-10(12,13)16-7-6-14-9(15)8-4-2-1-3-5-8/h1-2,8H,3-7H2,(H,14,15). The molecule has 16 heavy (non-hydrogen) atoms. The predicted octanol–water partition coefficient (Wildman–Crippen LogP) is 2.71. The van der Waals surface area contributed by atoms with E-state index < -0.39 is 5.51 Å². The van der Waals surface area contributed by atoms with Gasteiger partial charge in [-0.25, -0.2) is 0 Å². The minimum absolute atomic E-state index is 0.0686. The van der Waals surface area contributed by atoms with Gasteiger partial charge in [-0.15, -0.1) is 0 Å². The maximum absolute atomic E-state index is 11.8. The van der Waals surface area contributed by atoms with Crippen LogP contribution in [0.4, 0.5) is 13.2 Å². The molecule has 0 spiro atoms. The number of halogens is 3. The highest BCUT2D eigenvalue weighted by molar-refractivity contribution is 8.00. The molecular weight excluding hydrogens is 239 g/mol. The quantitative estimate of drug-likeness (QED) is 0.616. The third-order valence-corrected chi connectivity index (χ3v) is 3.04. The second-order valence-corrected chi connectivity index (χ2v) is 4.73. The Morgan fingerprint density at radius 1 is 1.44 bits per heavy atom. The van der Waals surface area contributed by atoms with Gasteiger partial charge in [0.1, 0.15) is 0 Å². The van der Waals surface area contributed by atoms with Gasteiger partial charge in [0, 0.05) is 18.2 Å². The molecule has 0 saturated carbocycles. The SMILES string of the molecule is O=C(NCCSC(F)(F)F)C1CC=CCC1. The molecule has 1 amide bonds. The second-order valence-electron chi connectivity index (χ2n) is 3.57. The van der Waals surface area contributed by atoms with Crippen molar-refractivity contribution in [2.45, 2.75) is 24.8 Å². The maximum Gasteiger partial charge on any atom is 0.441 e. The molecule has 0 heterocycles. The Balaban J connectivity index is 2.13. The molecule has 92 valence electrons. The molecule has 1 rings (SSSR count). The van der Waals surface area contributed by atoms with Crippen LogP contribution in [0.15, 0.2) is 12.2 Å². The van der Waals surface area contributed by atoms with Gasteiger partial charge in [-0.2, -0.15) is 13.2 Å². The maximum atomic E-state index is 11.8. The van der Waals surface area contributed by atoms with Gasteiger partial charge in [0.25, 0.3) is 0 Å². The first kappa shape index (κ1) is 13.4. The van der Waals surface area contributed by atoms with E-state index in [1.807, 2.05) is 12.2 Å². The summed E-state index contributed by atoms with van der Waals surface area (Å²) in [5.74, 6) is -0.328. The largest absolute Gasteiger partial charge is 0.441 e. The summed E-state index contributed by atoms with van der Waals surface area (Å²) in [6, 6.07) is 0. The molecule has 1 N–H and O–H groups in total. The Hall–Kier alpha value is -0.650. The van der Waals surface area contributed by atoms with Crippen molar-refractivity contribution in [2.75, 3.05) is 12.3 Å². The molecule has 0 aliphatic heterocycles. The molecule has 0 saturated heterocycles. The fourth-order valence-electron chi connectivity index (χ4n) is 1.52. The van der Waals surface area contributed by atoms with Crippen molar-refractivity contribution >= 4 is 17.7 Å². The Kier molecular flexibility index (Phi) is 5.18. The molecule has 1 atom stereocenters. The molecule has 0 radical (unpaired) electrons. The number of rotatable bonds is 4. The van der Waals surface area contributed by atoms with Crippen molar-refractivity contribution in [3.63, 3.8) is 0 Å². The zero-order valence-electron chi connectivity index (χ0n) is 8.72. The van der Waals surface area contributed by atoms with Crippen LogP contribution in [0.5, 0.6) is 0 Å². The van der Waals surface area contributed by atoms with Crippen LogP contribution in [0.3, 0.4) is 0 Å². The van der Waals surface area contributed by atoms with Crippen LogP contribution in [-0.4, -0.2) is 23.7 Å². The number of nitrogens with one attached hydrogen (secondary N) is 1. The van der Waals surface area contributed by atoms with Crippen molar-refractivity contribution in [1.82, 2.24) is 5.32 Å². The summed E-state index contributed by atoms with van der Waals surface area (Å²) in [5, 5.41) is 2.53. The zero-order chi connectivity index (χ0) is 12.0. The summed E-state index contributed by atoms with van der Waals surface area (Å²) in [6.07, 6.45) is 6.31. The third-order valence-electron chi connectivity index (χ3n) is 2.31. The average molecular weight is 253 g/mol. The molecule has 2 nitrogen and oxygen atoms in total. The molecule has 1 aliphatic rings. The van der Waals surface area contributed by atoms with Gasteiger partial charge in [0.05, 0.1) is 0 Å². The highest BCUT2D eigenvalue weighted by Crippen LogP contribution is 2.29. The summed E-state index contributed by atoms with van der Waals surface area (Å²) < 4.78 is 35.3. The summed E-state index contributed by atoms with van der Waals surface area (Å²) in [7, 11) is 0. The van der Waals surface area contributed by atoms with Gasteiger partial charge in [0.15, 0.2) is 0 Å². The van der Waals surface area contributed by atoms with Crippen molar-refractivity contribution in [2.24, 2.45) is 5.92 Å². The zero-order valence-corrected chi connectivity index (χ0v) is 9.53. The van der Waals surface area contributed by atoms with E-state index in [0.717, 1.165) is 12.8 Å². The Labute approximate surface area is 96.7 Å². The van der Waals surface area contributed by atoms with E-state index >= 15 is 0 Å². The average Bonchev–Trinajstić information content (AvgIpc) is 2.24. The van der Waals surface area contributed by atoms with E-state index in [9.17, 15) is 18.0 Å². The molecule has 0 fully saturated rings. The third kappa shape index (κ3) is 5.44. The number of carbonyl (C=O) groups is 1.